The summed E-state index contributed by atoms with van der Waals surface area (Å²) >= 11 is 0. The first kappa shape index (κ1) is 38.5. The molecular weight excluding hydrogens is 663 g/mol. The minimum absolute atomic E-state index is 0.0432. The fourth-order valence-corrected chi connectivity index (χ4v) is 6.42. The van der Waals surface area contributed by atoms with Gasteiger partial charge in [0, 0.05) is 24.6 Å². The first-order valence-corrected chi connectivity index (χ1v) is 17.0. The van der Waals surface area contributed by atoms with Crippen molar-refractivity contribution >= 4 is 23.9 Å². The summed E-state index contributed by atoms with van der Waals surface area (Å²) in [6.07, 6.45) is -1.34. The van der Waals surface area contributed by atoms with Crippen LogP contribution in [0.1, 0.15) is 94.9 Å². The number of nitrogens with zero attached hydrogens (tertiary/aromatic N) is 2. The number of esters is 1. The number of carbonyl (C=O) groups excluding carboxylic acids is 4. The van der Waals surface area contributed by atoms with Gasteiger partial charge in [0.25, 0.3) is 5.91 Å². The molecule has 51 heavy (non-hydrogen) atoms. The Balaban J connectivity index is 1.57. The molecule has 13 nitrogen and oxygen atoms in total. The predicted molar refractivity (Wildman–Crippen MR) is 183 cm³/mol. The van der Waals surface area contributed by atoms with Crippen LogP contribution in [0.25, 0.3) is 0 Å². The van der Waals surface area contributed by atoms with Crippen LogP contribution in [0.2, 0.25) is 0 Å². The van der Waals surface area contributed by atoms with Gasteiger partial charge in [0.05, 0.1) is 23.3 Å². The van der Waals surface area contributed by atoms with E-state index in [1.807, 2.05) is 13.8 Å². The summed E-state index contributed by atoms with van der Waals surface area (Å²) < 4.78 is 35.9. The molecule has 0 spiro atoms. The molecule has 0 radical (unpaired) electrons. The van der Waals surface area contributed by atoms with Gasteiger partial charge >= 0.3 is 17.7 Å². The highest BCUT2D eigenvalue weighted by Crippen LogP contribution is 2.48. The van der Waals surface area contributed by atoms with Crippen LogP contribution in [-0.4, -0.2) is 63.5 Å². The molecule has 1 aliphatic heterocycles. The number of amides is 2. The normalized spacial score (nSPS) is 17.0. The third kappa shape index (κ3) is 9.10. The van der Waals surface area contributed by atoms with Crippen molar-refractivity contribution in [3.8, 4) is 11.5 Å². The first-order chi connectivity index (χ1) is 24.2. The lowest BCUT2D eigenvalue weighted by Gasteiger charge is -2.43. The summed E-state index contributed by atoms with van der Waals surface area (Å²) in [6.45, 7) is 11.6. The van der Waals surface area contributed by atoms with Crippen LogP contribution in [0.15, 0.2) is 59.4 Å². The number of aromatic nitrogens is 2. The summed E-state index contributed by atoms with van der Waals surface area (Å²) in [4.78, 5) is 67.4. The number of H-pyrrole nitrogens is 1. The second kappa shape index (κ2) is 16.6. The summed E-state index contributed by atoms with van der Waals surface area (Å²) in [7, 11) is 0. The van der Waals surface area contributed by atoms with Crippen LogP contribution in [0.5, 0.6) is 11.5 Å². The van der Waals surface area contributed by atoms with Crippen molar-refractivity contribution in [1.29, 1.82) is 0 Å². The Kier molecular flexibility index (Phi) is 12.6. The quantitative estimate of drug-likeness (QED) is 0.156. The second-order valence-corrected chi connectivity index (χ2v) is 12.8. The summed E-state index contributed by atoms with van der Waals surface area (Å²) in [6, 6.07) is 11.1. The van der Waals surface area contributed by atoms with Gasteiger partial charge < -0.3 is 29.2 Å². The van der Waals surface area contributed by atoms with E-state index in [1.54, 1.807) is 44.7 Å². The number of carbonyl (C=O) groups is 4. The standard InChI is InChI=1S/C37H45FN4O9/c1-8-37(9-2,35(46)49-24(7)50-36(47)48-21(3)4)31-18-17-29(26-11-10-12-27(38)20-26)42(31)34(45)23(6)39-32(43)25-13-15-28(16-14-25)51-30-19-22(5)40-41-33(30)44/h10-16,19-21,23-24,29,31H,8-9,17-18H2,1-7H3,(H,39,43)(H,41,44)/t23-,24?,29+,31-/m1/s1. The Morgan fingerprint density at radius 2 is 1.67 bits per heavy atom. The van der Waals surface area contributed by atoms with Crippen molar-refractivity contribution in [3.63, 3.8) is 0 Å². The van der Waals surface area contributed by atoms with Gasteiger partial charge in [-0.05, 0) is 95.3 Å². The van der Waals surface area contributed by atoms with Crippen molar-refractivity contribution in [2.45, 2.75) is 105 Å². The van der Waals surface area contributed by atoms with E-state index in [-0.39, 0.29) is 24.2 Å². The average molecular weight is 709 g/mol. The number of hydrogen-bond donors (Lipinski definition) is 2. The van der Waals surface area contributed by atoms with Crippen LogP contribution >= 0.6 is 0 Å². The molecule has 2 amide bonds. The zero-order chi connectivity index (χ0) is 37.5. The maximum absolute atomic E-state index is 14.5. The average Bonchev–Trinajstić information content (AvgIpc) is 3.52. The molecule has 4 rings (SSSR count). The second-order valence-electron chi connectivity index (χ2n) is 12.8. The molecule has 1 fully saturated rings. The smallest absolute Gasteiger partial charge is 0.451 e. The number of nitrogens with one attached hydrogen (secondary N) is 2. The molecule has 1 unspecified atom stereocenters. The zero-order valence-electron chi connectivity index (χ0n) is 29.9. The number of likely N-dealkylation sites (tertiary alicyclic amines) is 1. The maximum atomic E-state index is 14.5. The number of aryl methyl sites for hydroxylation is 1. The van der Waals surface area contributed by atoms with Crippen LogP contribution in [0.3, 0.4) is 0 Å². The molecule has 2 aromatic carbocycles. The SMILES string of the molecule is CCC(CC)(C(=O)OC(C)OC(=O)OC(C)C)[C@H]1CC[C@@H](c2cccc(F)c2)N1C(=O)[C@@H](C)NC(=O)c1ccc(Oc2cc(C)n[nH]c2=O)cc1. The topological polar surface area (TPSA) is 166 Å². The van der Waals surface area contributed by atoms with E-state index in [0.717, 1.165) is 0 Å². The molecule has 1 saturated heterocycles. The fraction of sp³-hybridized carbons (Fsp3) is 0.459. The number of ether oxygens (including phenoxy) is 4. The molecule has 0 saturated carbocycles. The largest absolute Gasteiger partial charge is 0.511 e. The predicted octanol–water partition coefficient (Wildman–Crippen LogP) is 6.12. The molecule has 274 valence electrons. The van der Waals surface area contributed by atoms with E-state index in [2.05, 4.69) is 15.5 Å². The van der Waals surface area contributed by atoms with Crippen molar-refractivity contribution < 1.29 is 42.5 Å². The zero-order valence-corrected chi connectivity index (χ0v) is 29.9. The first-order valence-electron chi connectivity index (χ1n) is 17.0. The summed E-state index contributed by atoms with van der Waals surface area (Å²) in [5.74, 6) is -1.81. The van der Waals surface area contributed by atoms with Gasteiger partial charge in [0.15, 0.2) is 5.75 Å². The number of hydrogen-bond acceptors (Lipinski definition) is 10. The highest BCUT2D eigenvalue weighted by molar-refractivity contribution is 5.97. The third-order valence-electron chi connectivity index (χ3n) is 9.01. The molecule has 1 aliphatic rings. The van der Waals surface area contributed by atoms with Gasteiger partial charge in [0.2, 0.25) is 12.2 Å². The van der Waals surface area contributed by atoms with Crippen LogP contribution in [0.4, 0.5) is 9.18 Å². The van der Waals surface area contributed by atoms with Crippen molar-refractivity contribution in [2.24, 2.45) is 5.41 Å². The van der Waals surface area contributed by atoms with E-state index in [0.29, 0.717) is 29.8 Å². The lowest BCUT2D eigenvalue weighted by molar-refractivity contribution is -0.186. The van der Waals surface area contributed by atoms with Crippen LogP contribution in [0, 0.1) is 18.2 Å². The molecule has 0 aliphatic carbocycles. The molecule has 3 aromatic rings. The molecular formula is C37H45FN4O9. The van der Waals surface area contributed by atoms with Crippen molar-refractivity contribution in [2.75, 3.05) is 0 Å². The lowest BCUT2D eigenvalue weighted by Crippen LogP contribution is -2.56. The number of benzene rings is 2. The Morgan fingerprint density at radius 3 is 2.29 bits per heavy atom. The van der Waals surface area contributed by atoms with Gasteiger partial charge in [-0.15, -0.1) is 0 Å². The monoisotopic (exact) mass is 708 g/mol. The van der Waals surface area contributed by atoms with Crippen molar-refractivity contribution in [1.82, 2.24) is 20.4 Å². The lowest BCUT2D eigenvalue weighted by atomic mass is 9.74. The molecule has 14 heteroatoms. The molecule has 2 heterocycles. The Labute approximate surface area is 295 Å². The van der Waals surface area contributed by atoms with Gasteiger partial charge in [-0.2, -0.15) is 5.10 Å². The molecule has 4 atom stereocenters. The van der Waals surface area contributed by atoms with E-state index >= 15 is 0 Å². The molecule has 1 aromatic heterocycles. The van der Waals surface area contributed by atoms with E-state index in [9.17, 15) is 28.4 Å². The van der Waals surface area contributed by atoms with Crippen LogP contribution in [-0.2, 0) is 23.8 Å². The number of aromatic amines is 1. The maximum Gasteiger partial charge on any atom is 0.511 e. The van der Waals surface area contributed by atoms with Gasteiger partial charge in [-0.3, -0.25) is 19.2 Å². The Bertz CT molecular complexity index is 1770. The van der Waals surface area contributed by atoms with Gasteiger partial charge in [0.1, 0.15) is 17.6 Å². The fourth-order valence-electron chi connectivity index (χ4n) is 6.42. The number of halogens is 1. The molecule has 0 bridgehead atoms. The number of rotatable bonds is 13. The Hall–Kier alpha value is -5.27. The van der Waals surface area contributed by atoms with Gasteiger partial charge in [-0.1, -0.05) is 26.0 Å². The Morgan fingerprint density at radius 1 is 0.980 bits per heavy atom. The highest BCUT2D eigenvalue weighted by atomic mass is 19.1. The van der Waals surface area contributed by atoms with Crippen molar-refractivity contribution in [3.05, 3.63) is 87.6 Å². The third-order valence-corrected chi connectivity index (χ3v) is 9.01. The summed E-state index contributed by atoms with van der Waals surface area (Å²) in [5.41, 5.74) is -0.411. The minimum Gasteiger partial charge on any atom is -0.451 e. The van der Waals surface area contributed by atoms with E-state index in [4.69, 9.17) is 18.9 Å². The van der Waals surface area contributed by atoms with Gasteiger partial charge in [-0.25, -0.2) is 14.3 Å². The summed E-state index contributed by atoms with van der Waals surface area (Å²) in [5, 5.41) is 8.91. The molecule has 2 N–H and O–H groups in total. The highest BCUT2D eigenvalue weighted by Gasteiger charge is 2.54. The van der Waals surface area contributed by atoms with Crippen LogP contribution < -0.4 is 15.6 Å². The van der Waals surface area contributed by atoms with E-state index in [1.165, 1.54) is 49.4 Å². The van der Waals surface area contributed by atoms with E-state index < -0.39 is 71.3 Å². The minimum atomic E-state index is -1.27.